The molecule has 0 saturated heterocycles. The molecule has 4 aromatic carbocycles. The quantitative estimate of drug-likeness (QED) is 0.360. The van der Waals surface area contributed by atoms with Gasteiger partial charge in [0, 0.05) is 5.30 Å². The van der Waals surface area contributed by atoms with E-state index < -0.39 is 7.14 Å². The van der Waals surface area contributed by atoms with Crippen LogP contribution < -0.4 is 5.30 Å². The summed E-state index contributed by atoms with van der Waals surface area (Å²) in [6, 6.07) is 19.1. The van der Waals surface area contributed by atoms with Crippen molar-refractivity contribution in [2.24, 2.45) is 0 Å². The molecule has 4 aromatic rings. The fourth-order valence-electron chi connectivity index (χ4n) is 3.19. The van der Waals surface area contributed by atoms with Crippen LogP contribution in [-0.4, -0.2) is 13.3 Å². The summed E-state index contributed by atoms with van der Waals surface area (Å²) in [4.78, 5) is 0. The molecule has 0 amide bonds. The van der Waals surface area contributed by atoms with Gasteiger partial charge in [0.25, 0.3) is 0 Å². The summed E-state index contributed by atoms with van der Waals surface area (Å²) in [6.45, 7) is 3.69. The van der Waals surface area contributed by atoms with Crippen molar-refractivity contribution in [3.8, 4) is 0 Å². The van der Waals surface area contributed by atoms with Crippen LogP contribution in [0.25, 0.3) is 32.3 Å². The molecule has 4 rings (SSSR count). The van der Waals surface area contributed by atoms with Gasteiger partial charge in [-0.1, -0.05) is 54.6 Å². The van der Waals surface area contributed by atoms with Gasteiger partial charge in [0.2, 0.25) is 0 Å². The molecule has 0 aliphatic carbocycles. The van der Waals surface area contributed by atoms with Gasteiger partial charge < -0.3 is 4.57 Å². The van der Waals surface area contributed by atoms with Gasteiger partial charge in [-0.2, -0.15) is 0 Å². The van der Waals surface area contributed by atoms with Gasteiger partial charge >= 0.3 is 0 Å². The molecular weight excluding hydrogens is 263 g/mol. The Kier molecular flexibility index (Phi) is 2.29. The van der Waals surface area contributed by atoms with Crippen LogP contribution in [0.3, 0.4) is 0 Å². The monoisotopic (exact) mass is 278 g/mol. The summed E-state index contributed by atoms with van der Waals surface area (Å²) in [5, 5.41) is 8.39. The molecular formula is C18H15OP. The number of hydrogen-bond donors (Lipinski definition) is 0. The fourth-order valence-corrected chi connectivity index (χ4v) is 4.39. The van der Waals surface area contributed by atoms with Crippen LogP contribution in [0.1, 0.15) is 0 Å². The molecule has 0 N–H and O–H groups in total. The lowest BCUT2D eigenvalue weighted by atomic mass is 9.94. The zero-order valence-corrected chi connectivity index (χ0v) is 12.4. The van der Waals surface area contributed by atoms with Crippen LogP contribution in [0.4, 0.5) is 0 Å². The molecule has 0 saturated carbocycles. The van der Waals surface area contributed by atoms with Crippen molar-refractivity contribution < 1.29 is 4.57 Å². The molecule has 0 bridgehead atoms. The van der Waals surface area contributed by atoms with Gasteiger partial charge in [-0.3, -0.25) is 0 Å². The first-order valence-corrected chi connectivity index (χ1v) is 9.38. The zero-order valence-electron chi connectivity index (χ0n) is 11.6. The van der Waals surface area contributed by atoms with E-state index in [1.54, 1.807) is 0 Å². The highest BCUT2D eigenvalue weighted by atomic mass is 31.2. The molecule has 0 aliphatic rings. The third-order valence-corrected chi connectivity index (χ3v) is 5.64. The Hall–Kier alpha value is -1.85. The van der Waals surface area contributed by atoms with Crippen LogP contribution in [0.2, 0.25) is 0 Å². The topological polar surface area (TPSA) is 17.1 Å². The molecule has 0 atom stereocenters. The Morgan fingerprint density at radius 3 is 1.90 bits per heavy atom. The standard InChI is InChI=1S/C18H15OP/c1-20(2,19)16-11-9-14-7-6-12-4-3-5-13-8-10-15(16)18(14)17(12)13/h3-11H,1-2H3. The average molecular weight is 278 g/mol. The predicted octanol–water partition coefficient (Wildman–Crippen LogP) is 4.83. The van der Waals surface area contributed by atoms with E-state index in [0.717, 1.165) is 10.7 Å². The predicted molar refractivity (Wildman–Crippen MR) is 89.2 cm³/mol. The molecule has 20 heavy (non-hydrogen) atoms. The van der Waals surface area contributed by atoms with Crippen molar-refractivity contribution in [2.75, 3.05) is 13.3 Å². The SMILES string of the molecule is CP(C)(=O)c1ccc2ccc3cccc4ccc1c2c34. The molecule has 0 heterocycles. The van der Waals surface area contributed by atoms with Crippen molar-refractivity contribution in [1.82, 2.24) is 0 Å². The fraction of sp³-hybridized carbons (Fsp3) is 0.111. The second-order valence-electron chi connectivity index (χ2n) is 5.79. The Bertz CT molecular complexity index is 978. The first-order chi connectivity index (χ1) is 9.55. The third kappa shape index (κ3) is 1.53. The smallest absolute Gasteiger partial charge is 0.110 e. The molecule has 0 spiro atoms. The van der Waals surface area contributed by atoms with E-state index in [-0.39, 0.29) is 0 Å². The highest BCUT2D eigenvalue weighted by Gasteiger charge is 2.17. The van der Waals surface area contributed by atoms with E-state index >= 15 is 0 Å². The minimum Gasteiger partial charge on any atom is -0.319 e. The third-order valence-electron chi connectivity index (χ3n) is 4.09. The maximum absolute atomic E-state index is 12.6. The lowest BCUT2D eigenvalue weighted by molar-refractivity contribution is 0.588. The lowest BCUT2D eigenvalue weighted by Gasteiger charge is -2.15. The maximum atomic E-state index is 12.6. The van der Waals surface area contributed by atoms with Gasteiger partial charge in [0.05, 0.1) is 0 Å². The minimum atomic E-state index is -2.28. The highest BCUT2D eigenvalue weighted by molar-refractivity contribution is 7.70. The van der Waals surface area contributed by atoms with Gasteiger partial charge in [-0.25, -0.2) is 0 Å². The second kappa shape index (κ2) is 3.84. The van der Waals surface area contributed by atoms with Crippen molar-refractivity contribution in [3.05, 3.63) is 54.6 Å². The van der Waals surface area contributed by atoms with Crippen LogP contribution >= 0.6 is 7.14 Å². The number of benzene rings is 4. The normalized spacial score (nSPS) is 12.7. The summed E-state index contributed by atoms with van der Waals surface area (Å²) in [5.41, 5.74) is 0. The van der Waals surface area contributed by atoms with E-state index in [2.05, 4.69) is 48.5 Å². The molecule has 0 fully saturated rings. The average Bonchev–Trinajstić information content (AvgIpc) is 2.43. The maximum Gasteiger partial charge on any atom is 0.110 e. The summed E-state index contributed by atoms with van der Waals surface area (Å²) in [6.07, 6.45) is 0. The highest BCUT2D eigenvalue weighted by Crippen LogP contribution is 2.41. The zero-order chi connectivity index (χ0) is 13.9. The molecule has 0 aromatic heterocycles. The Morgan fingerprint density at radius 2 is 1.25 bits per heavy atom. The summed E-state index contributed by atoms with van der Waals surface area (Å²) < 4.78 is 12.6. The van der Waals surface area contributed by atoms with Gasteiger partial charge in [-0.05, 0) is 45.6 Å². The summed E-state index contributed by atoms with van der Waals surface area (Å²) in [5.74, 6) is 0. The molecule has 0 unspecified atom stereocenters. The van der Waals surface area contributed by atoms with Crippen molar-refractivity contribution in [2.45, 2.75) is 0 Å². The van der Waals surface area contributed by atoms with E-state index in [1.807, 2.05) is 19.4 Å². The molecule has 0 radical (unpaired) electrons. The Balaban J connectivity index is 2.36. The largest absolute Gasteiger partial charge is 0.319 e. The van der Waals surface area contributed by atoms with Crippen molar-refractivity contribution in [3.63, 3.8) is 0 Å². The van der Waals surface area contributed by atoms with E-state index in [4.69, 9.17) is 0 Å². The van der Waals surface area contributed by atoms with Crippen LogP contribution in [0.15, 0.2) is 54.6 Å². The van der Waals surface area contributed by atoms with Crippen molar-refractivity contribution in [1.29, 1.82) is 0 Å². The first-order valence-electron chi connectivity index (χ1n) is 6.78. The lowest BCUT2D eigenvalue weighted by Crippen LogP contribution is -2.04. The Morgan fingerprint density at radius 1 is 0.700 bits per heavy atom. The number of rotatable bonds is 1. The number of hydrogen-bond acceptors (Lipinski definition) is 1. The summed E-state index contributed by atoms with van der Waals surface area (Å²) in [7, 11) is -2.28. The van der Waals surface area contributed by atoms with Crippen LogP contribution in [0, 0.1) is 0 Å². The van der Waals surface area contributed by atoms with Crippen molar-refractivity contribution >= 4 is 44.8 Å². The van der Waals surface area contributed by atoms with Gasteiger partial charge in [0.15, 0.2) is 0 Å². The van der Waals surface area contributed by atoms with E-state index in [0.29, 0.717) is 0 Å². The molecule has 1 nitrogen and oxygen atoms in total. The summed E-state index contributed by atoms with van der Waals surface area (Å²) >= 11 is 0. The van der Waals surface area contributed by atoms with Gasteiger partial charge in [0.1, 0.15) is 7.14 Å². The van der Waals surface area contributed by atoms with Crippen LogP contribution in [-0.2, 0) is 4.57 Å². The second-order valence-corrected chi connectivity index (χ2v) is 8.98. The van der Waals surface area contributed by atoms with E-state index in [1.165, 1.54) is 26.9 Å². The van der Waals surface area contributed by atoms with E-state index in [9.17, 15) is 4.57 Å². The minimum absolute atomic E-state index is 0.989. The Labute approximate surface area is 117 Å². The molecule has 0 aliphatic heterocycles. The van der Waals surface area contributed by atoms with Gasteiger partial charge in [-0.15, -0.1) is 0 Å². The first kappa shape index (κ1) is 11.9. The molecule has 2 heteroatoms. The molecule has 98 valence electrons. The van der Waals surface area contributed by atoms with Crippen LogP contribution in [0.5, 0.6) is 0 Å².